The van der Waals surface area contributed by atoms with Crippen LogP contribution in [0, 0.1) is 0 Å². The molecular weight excluding hydrogens is 790 g/mol. The molecule has 348 valence electrons. The molecule has 0 bridgehead atoms. The van der Waals surface area contributed by atoms with E-state index in [0.29, 0.717) is 159 Å². The second-order valence-corrected chi connectivity index (χ2v) is 14.0. The first-order valence-corrected chi connectivity index (χ1v) is 22.3. The predicted molar refractivity (Wildman–Crippen MR) is 232 cm³/mol. The minimum atomic E-state index is -0.452. The van der Waals surface area contributed by atoms with E-state index < -0.39 is 6.09 Å². The van der Waals surface area contributed by atoms with Crippen molar-refractivity contribution in [3.8, 4) is 11.1 Å². The summed E-state index contributed by atoms with van der Waals surface area (Å²) < 4.78 is 71.8. The zero-order valence-electron chi connectivity index (χ0n) is 36.8. The Kier molecular flexibility index (Phi) is 33.5. The molecule has 0 aliphatic heterocycles. The molecule has 0 unspecified atom stereocenters. The van der Waals surface area contributed by atoms with Gasteiger partial charge in [-0.15, -0.1) is 0 Å². The SMILES string of the molecule is CCCCCCCOCCOCCOCCOCCOCCOCCOCCOCCOCCOCCOCCOCCNC(=O)OCC1c2ccccc2-c2ccccc21. The highest BCUT2D eigenvalue weighted by molar-refractivity contribution is 5.79. The van der Waals surface area contributed by atoms with E-state index in [1.807, 2.05) is 24.3 Å². The summed E-state index contributed by atoms with van der Waals surface area (Å²) in [7, 11) is 0. The number of carbonyl (C=O) groups excluding carboxylic acids is 1. The number of alkyl carbamates (subject to hydrolysis) is 1. The van der Waals surface area contributed by atoms with Crippen LogP contribution in [0.25, 0.3) is 11.1 Å². The summed E-state index contributed by atoms with van der Waals surface area (Å²) in [5, 5.41) is 2.75. The maximum Gasteiger partial charge on any atom is 0.407 e. The average molecular weight is 866 g/mol. The molecule has 0 radical (unpaired) electrons. The first-order valence-electron chi connectivity index (χ1n) is 22.3. The lowest BCUT2D eigenvalue weighted by Gasteiger charge is -2.14. The number of ether oxygens (including phenoxy) is 13. The van der Waals surface area contributed by atoms with Gasteiger partial charge in [-0.3, -0.25) is 0 Å². The zero-order valence-corrected chi connectivity index (χ0v) is 36.8. The monoisotopic (exact) mass is 866 g/mol. The van der Waals surface area contributed by atoms with Crippen molar-refractivity contribution < 1.29 is 66.4 Å². The van der Waals surface area contributed by atoms with E-state index in [9.17, 15) is 4.79 Å². The fourth-order valence-corrected chi connectivity index (χ4v) is 6.20. The molecular formula is C46H75NO14. The van der Waals surface area contributed by atoms with Crippen LogP contribution in [0.3, 0.4) is 0 Å². The molecule has 0 saturated carbocycles. The second-order valence-electron chi connectivity index (χ2n) is 14.0. The Labute approximate surface area is 364 Å². The van der Waals surface area contributed by atoms with Gasteiger partial charge in [0.1, 0.15) is 6.61 Å². The lowest BCUT2D eigenvalue weighted by Crippen LogP contribution is -2.29. The van der Waals surface area contributed by atoms with E-state index in [1.165, 1.54) is 47.9 Å². The molecule has 0 heterocycles. The maximum absolute atomic E-state index is 12.3. The summed E-state index contributed by atoms with van der Waals surface area (Å²) in [5.74, 6) is 0.0357. The van der Waals surface area contributed by atoms with E-state index in [2.05, 4.69) is 36.5 Å². The average Bonchev–Trinajstić information content (AvgIpc) is 3.60. The third-order valence-corrected chi connectivity index (χ3v) is 9.34. The summed E-state index contributed by atoms with van der Waals surface area (Å²) >= 11 is 0. The van der Waals surface area contributed by atoms with Crippen molar-refractivity contribution in [2.24, 2.45) is 0 Å². The van der Waals surface area contributed by atoms with E-state index in [-0.39, 0.29) is 12.5 Å². The van der Waals surface area contributed by atoms with Crippen LogP contribution in [0.15, 0.2) is 48.5 Å². The van der Waals surface area contributed by atoms with Gasteiger partial charge in [0, 0.05) is 19.1 Å². The Bertz CT molecular complexity index is 1260. The van der Waals surface area contributed by atoms with Crippen LogP contribution >= 0.6 is 0 Å². The summed E-state index contributed by atoms with van der Waals surface area (Å²) in [6.07, 6.45) is 5.80. The minimum Gasteiger partial charge on any atom is -0.449 e. The Balaban J connectivity index is 0.915. The summed E-state index contributed by atoms with van der Waals surface area (Å²) in [5.41, 5.74) is 4.77. The fourth-order valence-electron chi connectivity index (χ4n) is 6.20. The Morgan fingerprint density at radius 2 is 0.721 bits per heavy atom. The van der Waals surface area contributed by atoms with Crippen LogP contribution in [0.1, 0.15) is 56.1 Å². The topological polar surface area (TPSA) is 149 Å². The van der Waals surface area contributed by atoms with Crippen molar-refractivity contribution in [2.45, 2.75) is 44.9 Å². The molecule has 1 N–H and O–H groups in total. The quantitative estimate of drug-likeness (QED) is 0.0813. The van der Waals surface area contributed by atoms with Gasteiger partial charge in [-0.1, -0.05) is 81.1 Å². The van der Waals surface area contributed by atoms with E-state index in [1.54, 1.807) is 0 Å². The zero-order chi connectivity index (χ0) is 42.9. The standard InChI is InChI=1S/C46H75NO14/c1-2-3-4-5-10-16-49-18-20-51-22-24-53-26-28-55-30-32-57-34-36-59-38-39-60-37-35-58-33-31-56-29-27-54-25-23-52-21-19-50-17-15-47-46(48)61-40-45-43-13-8-6-11-41(43)42-12-7-9-14-44(42)45/h6-9,11-14,45H,2-5,10,15-40H2,1H3,(H,47,48). The number of fused-ring (bicyclic) bond motifs is 3. The fraction of sp³-hybridized carbons (Fsp3) is 0.717. The van der Waals surface area contributed by atoms with E-state index >= 15 is 0 Å². The van der Waals surface area contributed by atoms with Gasteiger partial charge in [-0.2, -0.15) is 0 Å². The molecule has 0 aromatic heterocycles. The molecule has 0 spiro atoms. The van der Waals surface area contributed by atoms with Crippen LogP contribution in [0.2, 0.25) is 0 Å². The van der Waals surface area contributed by atoms with Crippen molar-refractivity contribution in [1.82, 2.24) is 5.32 Å². The maximum atomic E-state index is 12.3. The Morgan fingerprint density at radius 3 is 1.08 bits per heavy atom. The molecule has 2 aromatic rings. The summed E-state index contributed by atoms with van der Waals surface area (Å²) in [6, 6.07) is 16.5. The third-order valence-electron chi connectivity index (χ3n) is 9.34. The largest absolute Gasteiger partial charge is 0.449 e. The number of unbranched alkanes of at least 4 members (excludes halogenated alkanes) is 4. The van der Waals surface area contributed by atoms with Crippen LogP contribution in [0.5, 0.6) is 0 Å². The van der Waals surface area contributed by atoms with Gasteiger partial charge in [-0.05, 0) is 28.7 Å². The normalized spacial score (nSPS) is 12.2. The van der Waals surface area contributed by atoms with E-state index in [0.717, 1.165) is 13.0 Å². The summed E-state index contributed by atoms with van der Waals surface area (Å²) in [4.78, 5) is 12.3. The molecule has 0 atom stereocenters. The Morgan fingerprint density at radius 1 is 0.410 bits per heavy atom. The van der Waals surface area contributed by atoms with Gasteiger partial charge in [0.15, 0.2) is 0 Å². The smallest absolute Gasteiger partial charge is 0.407 e. The van der Waals surface area contributed by atoms with Crippen molar-refractivity contribution >= 4 is 6.09 Å². The van der Waals surface area contributed by atoms with Gasteiger partial charge in [0.05, 0.1) is 152 Å². The van der Waals surface area contributed by atoms with Crippen molar-refractivity contribution in [3.05, 3.63) is 59.7 Å². The first-order chi connectivity index (χ1) is 30.3. The number of rotatable bonds is 44. The molecule has 1 aliphatic carbocycles. The molecule has 0 fully saturated rings. The molecule has 0 saturated heterocycles. The van der Waals surface area contributed by atoms with Gasteiger partial charge < -0.3 is 66.9 Å². The number of hydrogen-bond acceptors (Lipinski definition) is 14. The highest BCUT2D eigenvalue weighted by Crippen LogP contribution is 2.44. The number of benzene rings is 2. The molecule has 15 nitrogen and oxygen atoms in total. The number of amides is 1. The second kappa shape index (κ2) is 38.9. The predicted octanol–water partition coefficient (Wildman–Crippen LogP) is 5.69. The van der Waals surface area contributed by atoms with Gasteiger partial charge in [0.25, 0.3) is 0 Å². The van der Waals surface area contributed by atoms with Crippen molar-refractivity contribution in [1.29, 1.82) is 0 Å². The minimum absolute atomic E-state index is 0.0357. The van der Waals surface area contributed by atoms with Crippen LogP contribution < -0.4 is 5.32 Å². The molecule has 3 rings (SSSR count). The lowest BCUT2D eigenvalue weighted by molar-refractivity contribution is -0.0283. The van der Waals surface area contributed by atoms with Gasteiger partial charge in [0.2, 0.25) is 0 Å². The van der Waals surface area contributed by atoms with Gasteiger partial charge >= 0.3 is 6.09 Å². The number of nitrogens with one attached hydrogen (secondary N) is 1. The highest BCUT2D eigenvalue weighted by atomic mass is 16.6. The number of hydrogen-bond donors (Lipinski definition) is 1. The summed E-state index contributed by atoms with van der Waals surface area (Å²) in [6.45, 7) is 15.2. The molecule has 61 heavy (non-hydrogen) atoms. The van der Waals surface area contributed by atoms with E-state index in [4.69, 9.17) is 61.6 Å². The number of carbonyl (C=O) groups is 1. The Hall–Kier alpha value is -2.77. The molecule has 1 aliphatic rings. The third kappa shape index (κ3) is 27.1. The molecule has 1 amide bonds. The van der Waals surface area contributed by atoms with Gasteiger partial charge in [-0.25, -0.2) is 4.79 Å². The highest BCUT2D eigenvalue weighted by Gasteiger charge is 2.29. The molecule has 15 heteroatoms. The first kappa shape index (κ1) is 52.6. The van der Waals surface area contributed by atoms with Crippen molar-refractivity contribution in [2.75, 3.05) is 172 Å². The van der Waals surface area contributed by atoms with Crippen molar-refractivity contribution in [3.63, 3.8) is 0 Å². The van der Waals surface area contributed by atoms with Crippen LogP contribution in [-0.4, -0.2) is 178 Å². The van der Waals surface area contributed by atoms with Crippen LogP contribution in [-0.2, 0) is 61.6 Å². The lowest BCUT2D eigenvalue weighted by atomic mass is 9.98. The van der Waals surface area contributed by atoms with Crippen LogP contribution in [0.4, 0.5) is 4.79 Å². The molecule has 2 aromatic carbocycles.